The van der Waals surface area contributed by atoms with Crippen LogP contribution >= 0.6 is 23.2 Å². The Hall–Kier alpha value is -2.45. The molecule has 2 heterocycles. The lowest BCUT2D eigenvalue weighted by Gasteiger charge is -2.10. The summed E-state index contributed by atoms with van der Waals surface area (Å²) in [5.41, 5.74) is 7.85. The second-order valence-electron chi connectivity index (χ2n) is 6.21. The number of fused-ring (bicyclic) bond motifs is 1. The molecule has 0 spiro atoms. The molecule has 1 fully saturated rings. The Kier molecular flexibility index (Phi) is 4.84. The molecule has 1 saturated heterocycles. The van der Waals surface area contributed by atoms with Gasteiger partial charge < -0.3 is 10.1 Å². The van der Waals surface area contributed by atoms with Gasteiger partial charge in [-0.3, -0.25) is 4.79 Å². The molecule has 2 unspecified atom stereocenters. The summed E-state index contributed by atoms with van der Waals surface area (Å²) >= 11 is 12.0. The molecule has 27 heavy (non-hydrogen) atoms. The summed E-state index contributed by atoms with van der Waals surface area (Å²) in [6, 6.07) is 11.9. The monoisotopic (exact) mass is 403 g/mol. The number of H-pyrrole nitrogens is 1. The fraction of sp³-hybridized carbons (Fsp3) is 0.167. The van der Waals surface area contributed by atoms with Crippen molar-refractivity contribution in [2.75, 3.05) is 0 Å². The predicted molar refractivity (Wildman–Crippen MR) is 103 cm³/mol. The van der Waals surface area contributed by atoms with Crippen LogP contribution in [0.1, 0.15) is 18.0 Å². The van der Waals surface area contributed by atoms with E-state index >= 15 is 0 Å². The number of carbonyl (C=O) groups is 1. The molecule has 3 aromatic rings. The van der Waals surface area contributed by atoms with Gasteiger partial charge in [0, 0.05) is 11.4 Å². The van der Waals surface area contributed by atoms with E-state index in [-0.39, 0.29) is 17.6 Å². The average molecular weight is 404 g/mol. The molecule has 2 atom stereocenters. The van der Waals surface area contributed by atoms with Gasteiger partial charge in [0.1, 0.15) is 6.04 Å². The van der Waals surface area contributed by atoms with Crippen molar-refractivity contribution in [3.63, 3.8) is 0 Å². The predicted octanol–water partition coefficient (Wildman–Crippen LogP) is 4.40. The lowest BCUT2D eigenvalue weighted by atomic mass is 10.0. The third-order valence-electron chi connectivity index (χ3n) is 4.46. The zero-order chi connectivity index (χ0) is 19.0. The standard InChI is InChI=1S/C18H15Cl2N5O2/c19-11-6-5-9(7-12(11)20)14-8-15(23-22-14)17(26)25-24-16-10-3-1-2-4-13(10)21-18(16)27/h1-7,14-15,21-23,27H,8H2. The van der Waals surface area contributed by atoms with E-state index < -0.39 is 11.9 Å². The lowest BCUT2D eigenvalue weighted by Crippen LogP contribution is -2.35. The van der Waals surface area contributed by atoms with Gasteiger partial charge in [-0.15, -0.1) is 10.2 Å². The van der Waals surface area contributed by atoms with Crippen LogP contribution in [0.25, 0.3) is 10.9 Å². The third-order valence-corrected chi connectivity index (χ3v) is 5.19. The number of benzene rings is 2. The van der Waals surface area contributed by atoms with Crippen molar-refractivity contribution in [3.05, 3.63) is 58.1 Å². The van der Waals surface area contributed by atoms with Crippen LogP contribution in [0.15, 0.2) is 52.7 Å². The van der Waals surface area contributed by atoms with Crippen LogP contribution in [0.4, 0.5) is 5.69 Å². The summed E-state index contributed by atoms with van der Waals surface area (Å²) in [6.45, 7) is 0. The Morgan fingerprint density at radius 1 is 1.11 bits per heavy atom. The number of para-hydroxylation sites is 1. The molecule has 1 aromatic heterocycles. The van der Waals surface area contributed by atoms with E-state index in [4.69, 9.17) is 23.2 Å². The van der Waals surface area contributed by atoms with Crippen molar-refractivity contribution < 1.29 is 9.90 Å². The molecule has 1 aliphatic heterocycles. The molecule has 138 valence electrons. The molecule has 0 saturated carbocycles. The Bertz CT molecular complexity index is 1050. The molecule has 1 amide bonds. The minimum absolute atomic E-state index is 0.106. The molecule has 0 bridgehead atoms. The fourth-order valence-corrected chi connectivity index (χ4v) is 3.36. The summed E-state index contributed by atoms with van der Waals surface area (Å²) in [6.07, 6.45) is 0.482. The molecule has 7 nitrogen and oxygen atoms in total. The highest BCUT2D eigenvalue weighted by Gasteiger charge is 2.30. The molecule has 0 radical (unpaired) electrons. The summed E-state index contributed by atoms with van der Waals surface area (Å²) in [5.74, 6) is -0.561. The first-order valence-electron chi connectivity index (χ1n) is 8.24. The zero-order valence-electron chi connectivity index (χ0n) is 13.9. The van der Waals surface area contributed by atoms with E-state index in [1.807, 2.05) is 18.2 Å². The van der Waals surface area contributed by atoms with Crippen LogP contribution in [0.3, 0.4) is 0 Å². The number of azo groups is 1. The van der Waals surface area contributed by atoms with Gasteiger partial charge in [-0.2, -0.15) is 0 Å². The van der Waals surface area contributed by atoms with Gasteiger partial charge in [0.05, 0.1) is 15.6 Å². The molecular formula is C18H15Cl2N5O2. The van der Waals surface area contributed by atoms with E-state index in [0.29, 0.717) is 21.9 Å². The maximum absolute atomic E-state index is 12.4. The third kappa shape index (κ3) is 3.54. The minimum atomic E-state index is -0.541. The number of hydrogen-bond acceptors (Lipinski definition) is 5. The SMILES string of the molecule is O=C(N=Nc1c(O)[nH]c2ccccc12)C1CC(c2ccc(Cl)c(Cl)c2)NN1. The van der Waals surface area contributed by atoms with Crippen molar-refractivity contribution in [1.29, 1.82) is 0 Å². The number of aromatic hydroxyl groups is 1. The number of aromatic nitrogens is 1. The number of nitrogens with one attached hydrogen (secondary N) is 3. The Morgan fingerprint density at radius 2 is 1.93 bits per heavy atom. The summed E-state index contributed by atoms with van der Waals surface area (Å²) in [5, 5.41) is 19.3. The highest BCUT2D eigenvalue weighted by molar-refractivity contribution is 6.42. The molecular weight excluding hydrogens is 389 g/mol. The normalized spacial score (nSPS) is 19.9. The van der Waals surface area contributed by atoms with Crippen LogP contribution in [0.5, 0.6) is 5.88 Å². The first kappa shape index (κ1) is 17.9. The quantitative estimate of drug-likeness (QED) is 0.486. The zero-order valence-corrected chi connectivity index (χ0v) is 15.4. The summed E-state index contributed by atoms with van der Waals surface area (Å²) in [7, 11) is 0. The molecule has 2 aromatic carbocycles. The van der Waals surface area contributed by atoms with Crippen LogP contribution in [0.2, 0.25) is 10.0 Å². The second-order valence-corrected chi connectivity index (χ2v) is 7.02. The van der Waals surface area contributed by atoms with Crippen molar-refractivity contribution in [2.24, 2.45) is 10.2 Å². The highest BCUT2D eigenvalue weighted by Crippen LogP contribution is 2.35. The van der Waals surface area contributed by atoms with Crippen molar-refractivity contribution in [2.45, 2.75) is 18.5 Å². The van der Waals surface area contributed by atoms with Gasteiger partial charge in [0.25, 0.3) is 5.91 Å². The number of halogens is 2. The van der Waals surface area contributed by atoms with Gasteiger partial charge in [-0.05, 0) is 30.2 Å². The number of rotatable bonds is 3. The van der Waals surface area contributed by atoms with E-state index in [1.165, 1.54) is 0 Å². The van der Waals surface area contributed by atoms with Gasteiger partial charge >= 0.3 is 0 Å². The molecule has 0 aliphatic carbocycles. The topological polar surface area (TPSA) is 102 Å². The van der Waals surface area contributed by atoms with Crippen LogP contribution < -0.4 is 10.9 Å². The lowest BCUT2D eigenvalue weighted by molar-refractivity contribution is -0.120. The van der Waals surface area contributed by atoms with E-state index in [0.717, 1.165) is 11.1 Å². The summed E-state index contributed by atoms with van der Waals surface area (Å²) in [4.78, 5) is 15.2. The van der Waals surface area contributed by atoms with Crippen molar-refractivity contribution in [1.82, 2.24) is 15.8 Å². The average Bonchev–Trinajstić information content (AvgIpc) is 3.26. The largest absolute Gasteiger partial charge is 0.493 e. The number of carbonyl (C=O) groups excluding carboxylic acids is 1. The Balaban J connectivity index is 1.48. The molecule has 9 heteroatoms. The Labute approximate surface area is 164 Å². The highest BCUT2D eigenvalue weighted by atomic mass is 35.5. The first-order valence-corrected chi connectivity index (χ1v) is 9.00. The first-order chi connectivity index (χ1) is 13.0. The van der Waals surface area contributed by atoms with Gasteiger partial charge in [-0.1, -0.05) is 47.5 Å². The Morgan fingerprint density at radius 3 is 2.74 bits per heavy atom. The maximum atomic E-state index is 12.4. The molecule has 4 N–H and O–H groups in total. The van der Waals surface area contributed by atoms with E-state index in [2.05, 4.69) is 26.1 Å². The van der Waals surface area contributed by atoms with Crippen LogP contribution in [-0.2, 0) is 4.79 Å². The fourth-order valence-electron chi connectivity index (χ4n) is 3.05. The van der Waals surface area contributed by atoms with Crippen molar-refractivity contribution in [3.8, 4) is 5.88 Å². The number of nitrogens with zero attached hydrogens (tertiary/aromatic N) is 2. The smallest absolute Gasteiger partial charge is 0.282 e. The van der Waals surface area contributed by atoms with E-state index in [1.54, 1.807) is 24.3 Å². The van der Waals surface area contributed by atoms with Crippen LogP contribution in [-0.4, -0.2) is 22.0 Å². The van der Waals surface area contributed by atoms with Gasteiger partial charge in [-0.25, -0.2) is 10.9 Å². The van der Waals surface area contributed by atoms with Crippen LogP contribution in [0, 0.1) is 0 Å². The number of hydrazine groups is 1. The number of amides is 1. The van der Waals surface area contributed by atoms with Gasteiger partial charge in [0.15, 0.2) is 5.69 Å². The molecule has 4 rings (SSSR count). The minimum Gasteiger partial charge on any atom is -0.493 e. The van der Waals surface area contributed by atoms with Gasteiger partial charge in [0.2, 0.25) is 5.88 Å². The number of aromatic amines is 1. The van der Waals surface area contributed by atoms with E-state index in [9.17, 15) is 9.90 Å². The van der Waals surface area contributed by atoms with Crippen molar-refractivity contribution >= 4 is 45.7 Å². The summed E-state index contributed by atoms with van der Waals surface area (Å²) < 4.78 is 0. The second kappa shape index (κ2) is 7.28. The number of hydrogen-bond donors (Lipinski definition) is 4. The molecule has 1 aliphatic rings. The maximum Gasteiger partial charge on any atom is 0.282 e.